The molecule has 0 spiro atoms. The van der Waals surface area contributed by atoms with Crippen molar-refractivity contribution in [3.63, 3.8) is 0 Å². The van der Waals surface area contributed by atoms with Gasteiger partial charge in [0.15, 0.2) is 0 Å². The van der Waals surface area contributed by atoms with Crippen LogP contribution in [0.2, 0.25) is 0 Å². The van der Waals surface area contributed by atoms with Gasteiger partial charge in [-0.15, -0.1) is 11.3 Å². The third-order valence-electron chi connectivity index (χ3n) is 2.71. The zero-order valence-electron chi connectivity index (χ0n) is 10.5. The zero-order chi connectivity index (χ0) is 14.6. The van der Waals surface area contributed by atoms with Crippen LogP contribution >= 0.6 is 11.3 Å². The van der Waals surface area contributed by atoms with Gasteiger partial charge in [-0.3, -0.25) is 0 Å². The molecule has 0 aliphatic heterocycles. The Morgan fingerprint density at radius 1 is 1.25 bits per heavy atom. The summed E-state index contributed by atoms with van der Waals surface area (Å²) in [4.78, 5) is 0.801. The standard InChI is InChI=1S/C13H14FNO3S2/c14-10-3-5-11(6-4-10)20(17,18)15-8-7-12(16)13-2-1-9-19-13/h1-6,9,12,15-16H,7-8H2. The van der Waals surface area contributed by atoms with Crippen molar-refractivity contribution in [2.45, 2.75) is 17.4 Å². The van der Waals surface area contributed by atoms with Crippen molar-refractivity contribution in [1.29, 1.82) is 0 Å². The molecule has 2 rings (SSSR count). The fraction of sp³-hybridized carbons (Fsp3) is 0.231. The van der Waals surface area contributed by atoms with Gasteiger partial charge in [-0.25, -0.2) is 17.5 Å². The van der Waals surface area contributed by atoms with Crippen LogP contribution in [0.25, 0.3) is 0 Å². The Kier molecular flexibility index (Phi) is 4.87. The monoisotopic (exact) mass is 315 g/mol. The summed E-state index contributed by atoms with van der Waals surface area (Å²) in [5.41, 5.74) is 0. The summed E-state index contributed by atoms with van der Waals surface area (Å²) in [7, 11) is -3.67. The van der Waals surface area contributed by atoms with Crippen LogP contribution in [0, 0.1) is 5.82 Å². The highest BCUT2D eigenvalue weighted by molar-refractivity contribution is 7.89. The van der Waals surface area contributed by atoms with Gasteiger partial charge < -0.3 is 5.11 Å². The lowest BCUT2D eigenvalue weighted by Gasteiger charge is -2.10. The Hall–Kier alpha value is -1.28. The van der Waals surface area contributed by atoms with Gasteiger partial charge in [0.2, 0.25) is 10.0 Å². The van der Waals surface area contributed by atoms with Crippen LogP contribution in [-0.4, -0.2) is 20.1 Å². The quantitative estimate of drug-likeness (QED) is 0.859. The number of thiophene rings is 1. The summed E-state index contributed by atoms with van der Waals surface area (Å²) in [5.74, 6) is -0.489. The van der Waals surface area contributed by atoms with Crippen LogP contribution in [0.1, 0.15) is 17.4 Å². The molecule has 0 saturated heterocycles. The van der Waals surface area contributed by atoms with Crippen LogP contribution < -0.4 is 4.72 Å². The summed E-state index contributed by atoms with van der Waals surface area (Å²) in [6.45, 7) is 0.110. The molecule has 108 valence electrons. The van der Waals surface area contributed by atoms with Crippen molar-refractivity contribution in [3.05, 3.63) is 52.5 Å². The fourth-order valence-corrected chi connectivity index (χ4v) is 3.44. The van der Waals surface area contributed by atoms with Crippen molar-refractivity contribution < 1.29 is 17.9 Å². The predicted molar refractivity (Wildman–Crippen MR) is 75.5 cm³/mol. The average molecular weight is 315 g/mol. The highest BCUT2D eigenvalue weighted by Gasteiger charge is 2.15. The Morgan fingerprint density at radius 2 is 1.95 bits per heavy atom. The topological polar surface area (TPSA) is 66.4 Å². The summed E-state index contributed by atoms with van der Waals surface area (Å²) in [6.07, 6.45) is -0.410. The molecule has 1 aromatic heterocycles. The van der Waals surface area contributed by atoms with Crippen molar-refractivity contribution >= 4 is 21.4 Å². The van der Waals surface area contributed by atoms with E-state index in [1.54, 1.807) is 6.07 Å². The maximum absolute atomic E-state index is 12.7. The first-order valence-electron chi connectivity index (χ1n) is 5.96. The van der Waals surface area contributed by atoms with Gasteiger partial charge in [0.05, 0.1) is 11.0 Å². The average Bonchev–Trinajstić information content (AvgIpc) is 2.93. The molecule has 0 radical (unpaired) electrons. The van der Waals surface area contributed by atoms with Crippen LogP contribution in [0.4, 0.5) is 4.39 Å². The van der Waals surface area contributed by atoms with Crippen LogP contribution in [0.5, 0.6) is 0 Å². The van der Waals surface area contributed by atoms with Gasteiger partial charge in [0.1, 0.15) is 5.82 Å². The smallest absolute Gasteiger partial charge is 0.240 e. The van der Waals surface area contributed by atoms with Crippen molar-refractivity contribution in [2.75, 3.05) is 6.54 Å². The first kappa shape index (κ1) is 15.1. The number of halogens is 1. The highest BCUT2D eigenvalue weighted by Crippen LogP contribution is 2.21. The maximum atomic E-state index is 12.7. The molecule has 2 aromatic rings. The van der Waals surface area contributed by atoms with E-state index in [1.807, 2.05) is 11.4 Å². The lowest BCUT2D eigenvalue weighted by atomic mass is 10.2. The number of rotatable bonds is 6. The van der Waals surface area contributed by atoms with Gasteiger partial charge in [-0.05, 0) is 42.1 Å². The van der Waals surface area contributed by atoms with E-state index in [4.69, 9.17) is 0 Å². The second-order valence-corrected chi connectivity index (χ2v) is 6.92. The second-order valence-electron chi connectivity index (χ2n) is 4.17. The van der Waals surface area contributed by atoms with Crippen molar-refractivity contribution in [2.24, 2.45) is 0 Å². The molecular formula is C13H14FNO3S2. The van der Waals surface area contributed by atoms with E-state index in [9.17, 15) is 17.9 Å². The third kappa shape index (κ3) is 3.86. The fourth-order valence-electron chi connectivity index (χ4n) is 1.65. The molecular weight excluding hydrogens is 301 g/mol. The van der Waals surface area contributed by atoms with E-state index < -0.39 is 21.9 Å². The SMILES string of the molecule is O=S(=O)(NCCC(O)c1cccs1)c1ccc(F)cc1. The molecule has 1 heterocycles. The number of aliphatic hydroxyl groups is 1. The first-order chi connectivity index (χ1) is 9.49. The molecule has 4 nitrogen and oxygen atoms in total. The third-order valence-corrected chi connectivity index (χ3v) is 5.16. The van der Waals surface area contributed by atoms with E-state index in [0.717, 1.165) is 17.0 Å². The van der Waals surface area contributed by atoms with Gasteiger partial charge in [0, 0.05) is 11.4 Å². The molecule has 0 aliphatic carbocycles. The summed E-state index contributed by atoms with van der Waals surface area (Å²) in [6, 6.07) is 8.21. The van der Waals surface area contributed by atoms with Crippen molar-refractivity contribution in [1.82, 2.24) is 4.72 Å². The van der Waals surface area contributed by atoms with Gasteiger partial charge in [0.25, 0.3) is 0 Å². The van der Waals surface area contributed by atoms with Gasteiger partial charge in [-0.1, -0.05) is 6.07 Å². The molecule has 20 heavy (non-hydrogen) atoms. The number of aliphatic hydroxyl groups excluding tert-OH is 1. The zero-order valence-corrected chi connectivity index (χ0v) is 12.1. The molecule has 0 fully saturated rings. The number of hydrogen-bond acceptors (Lipinski definition) is 4. The summed E-state index contributed by atoms with van der Waals surface area (Å²) >= 11 is 1.42. The van der Waals surface area contributed by atoms with Crippen LogP contribution in [-0.2, 0) is 10.0 Å². The summed E-state index contributed by atoms with van der Waals surface area (Å²) in [5, 5.41) is 11.7. The first-order valence-corrected chi connectivity index (χ1v) is 8.32. The number of benzene rings is 1. The predicted octanol–water partition coefficient (Wildman–Crippen LogP) is 2.29. The molecule has 0 aliphatic rings. The number of nitrogens with one attached hydrogen (secondary N) is 1. The molecule has 0 saturated carbocycles. The molecule has 7 heteroatoms. The lowest BCUT2D eigenvalue weighted by molar-refractivity contribution is 0.173. The van der Waals surface area contributed by atoms with Crippen molar-refractivity contribution in [3.8, 4) is 0 Å². The normalized spacial score (nSPS) is 13.3. The Balaban J connectivity index is 1.91. The summed E-state index contributed by atoms with van der Waals surface area (Å²) < 4.78 is 38.9. The van der Waals surface area contributed by atoms with Gasteiger partial charge in [-0.2, -0.15) is 0 Å². The van der Waals surface area contributed by atoms with E-state index in [1.165, 1.54) is 23.5 Å². The Bertz CT molecular complexity index is 639. The number of hydrogen-bond donors (Lipinski definition) is 2. The van der Waals surface area contributed by atoms with Gasteiger partial charge >= 0.3 is 0 Å². The maximum Gasteiger partial charge on any atom is 0.240 e. The molecule has 0 amide bonds. The lowest BCUT2D eigenvalue weighted by Crippen LogP contribution is -2.25. The number of sulfonamides is 1. The Labute approximate surface area is 120 Å². The molecule has 2 N–H and O–H groups in total. The molecule has 1 aromatic carbocycles. The van der Waals surface area contributed by atoms with Crippen LogP contribution in [0.15, 0.2) is 46.7 Å². The molecule has 0 bridgehead atoms. The largest absolute Gasteiger partial charge is 0.388 e. The van der Waals surface area contributed by atoms with E-state index in [-0.39, 0.29) is 17.9 Å². The molecule has 1 atom stereocenters. The second kappa shape index (κ2) is 6.45. The van der Waals surface area contributed by atoms with Crippen LogP contribution in [0.3, 0.4) is 0 Å². The van der Waals surface area contributed by atoms with E-state index in [0.29, 0.717) is 0 Å². The minimum Gasteiger partial charge on any atom is -0.388 e. The minimum atomic E-state index is -3.67. The van der Waals surface area contributed by atoms with E-state index >= 15 is 0 Å². The molecule has 1 unspecified atom stereocenters. The highest BCUT2D eigenvalue weighted by atomic mass is 32.2. The minimum absolute atomic E-state index is 0.00418. The van der Waals surface area contributed by atoms with E-state index in [2.05, 4.69) is 4.72 Å². The Morgan fingerprint density at radius 3 is 2.55 bits per heavy atom.